The molecule has 1 aliphatic rings. The van der Waals surface area contributed by atoms with Crippen molar-refractivity contribution in [1.29, 1.82) is 0 Å². The Balaban J connectivity index is 1.81. The van der Waals surface area contributed by atoms with Gasteiger partial charge in [-0.25, -0.2) is 0 Å². The Bertz CT molecular complexity index is 603. The molecule has 0 atom stereocenters. The molecule has 0 radical (unpaired) electrons. The predicted octanol–water partition coefficient (Wildman–Crippen LogP) is 1.88. The Morgan fingerprint density at radius 1 is 1.12 bits per heavy atom. The number of carbonyl (C=O) groups is 2. The van der Waals surface area contributed by atoms with Crippen molar-refractivity contribution in [3.63, 3.8) is 0 Å². The molecule has 26 heavy (non-hydrogen) atoms. The molecular weight excluding hydrogens is 334 g/mol. The topological polar surface area (TPSA) is 79.9 Å². The van der Waals surface area contributed by atoms with Crippen molar-refractivity contribution in [3.05, 3.63) is 18.2 Å². The molecule has 1 aromatic carbocycles. The van der Waals surface area contributed by atoms with Crippen LogP contribution in [-0.2, 0) is 9.59 Å². The maximum absolute atomic E-state index is 12.3. The molecule has 1 heterocycles. The van der Waals surface area contributed by atoms with Crippen LogP contribution in [0.1, 0.15) is 26.7 Å². The van der Waals surface area contributed by atoms with E-state index in [4.69, 9.17) is 9.47 Å². The zero-order chi connectivity index (χ0) is 19.1. The number of amides is 2. The number of nitrogens with one attached hydrogen (secondary N) is 2. The molecule has 1 aliphatic heterocycles. The summed E-state index contributed by atoms with van der Waals surface area (Å²) in [5, 5.41) is 5.95. The van der Waals surface area contributed by atoms with E-state index in [0.717, 1.165) is 25.9 Å². The highest BCUT2D eigenvalue weighted by Crippen LogP contribution is 2.25. The zero-order valence-electron chi connectivity index (χ0n) is 16.0. The molecule has 1 saturated heterocycles. The van der Waals surface area contributed by atoms with E-state index in [1.807, 2.05) is 13.8 Å². The second-order valence-corrected chi connectivity index (χ2v) is 6.86. The first-order valence-electron chi connectivity index (χ1n) is 8.97. The largest absolute Gasteiger partial charge is 0.497 e. The standard InChI is InChI=1S/C19H29N3O4/c1-13(2)19(24)21-14-5-7-22(8-6-14)12-18(23)20-15-9-16(25-3)11-17(10-15)26-4/h9-11,13-14H,5-8,12H2,1-4H3,(H,20,23)(H,21,24). The average molecular weight is 363 g/mol. The number of benzene rings is 1. The summed E-state index contributed by atoms with van der Waals surface area (Å²) in [4.78, 5) is 26.2. The second kappa shape index (κ2) is 9.43. The first kappa shape index (κ1) is 20.0. The fourth-order valence-corrected chi connectivity index (χ4v) is 2.89. The lowest BCUT2D eigenvalue weighted by Crippen LogP contribution is -2.47. The van der Waals surface area contributed by atoms with Crippen molar-refractivity contribution in [2.24, 2.45) is 5.92 Å². The van der Waals surface area contributed by atoms with Gasteiger partial charge in [0.1, 0.15) is 11.5 Å². The van der Waals surface area contributed by atoms with Gasteiger partial charge in [-0.2, -0.15) is 0 Å². The summed E-state index contributed by atoms with van der Waals surface area (Å²) in [6, 6.07) is 5.47. The lowest BCUT2D eigenvalue weighted by Gasteiger charge is -2.32. The number of hydrogen-bond donors (Lipinski definition) is 2. The summed E-state index contributed by atoms with van der Waals surface area (Å²) < 4.78 is 10.4. The predicted molar refractivity (Wildman–Crippen MR) is 101 cm³/mol. The normalized spacial score (nSPS) is 15.6. The summed E-state index contributed by atoms with van der Waals surface area (Å²) in [5.74, 6) is 1.26. The third-order valence-electron chi connectivity index (χ3n) is 4.46. The molecule has 7 heteroatoms. The van der Waals surface area contributed by atoms with Crippen molar-refractivity contribution in [2.45, 2.75) is 32.7 Å². The summed E-state index contributed by atoms with van der Waals surface area (Å²) in [5.41, 5.74) is 0.644. The van der Waals surface area contributed by atoms with Crippen LogP contribution in [-0.4, -0.2) is 56.6 Å². The first-order valence-corrected chi connectivity index (χ1v) is 8.97. The first-order chi connectivity index (χ1) is 12.4. The Kier molecular flexibility index (Phi) is 7.26. The van der Waals surface area contributed by atoms with Gasteiger partial charge in [0.25, 0.3) is 0 Å². The van der Waals surface area contributed by atoms with Crippen LogP contribution < -0.4 is 20.1 Å². The molecule has 0 spiro atoms. The molecule has 2 amide bonds. The molecule has 2 N–H and O–H groups in total. The molecule has 0 unspecified atom stereocenters. The molecule has 0 aliphatic carbocycles. The number of hydrogen-bond acceptors (Lipinski definition) is 5. The van der Waals surface area contributed by atoms with Gasteiger partial charge in [0, 0.05) is 48.9 Å². The third-order valence-corrected chi connectivity index (χ3v) is 4.46. The van der Waals surface area contributed by atoms with Crippen molar-refractivity contribution in [2.75, 3.05) is 39.2 Å². The number of ether oxygens (including phenoxy) is 2. The Morgan fingerprint density at radius 3 is 2.19 bits per heavy atom. The Labute approximate surface area is 155 Å². The van der Waals surface area contributed by atoms with Crippen LogP contribution in [0.15, 0.2) is 18.2 Å². The van der Waals surface area contributed by atoms with E-state index < -0.39 is 0 Å². The van der Waals surface area contributed by atoms with Crippen LogP contribution in [0.5, 0.6) is 11.5 Å². The van der Waals surface area contributed by atoms with Gasteiger partial charge in [-0.05, 0) is 12.8 Å². The zero-order valence-corrected chi connectivity index (χ0v) is 16.0. The fourth-order valence-electron chi connectivity index (χ4n) is 2.89. The summed E-state index contributed by atoms with van der Waals surface area (Å²) in [7, 11) is 3.14. The van der Waals surface area contributed by atoms with E-state index >= 15 is 0 Å². The van der Waals surface area contributed by atoms with Crippen LogP contribution in [0.2, 0.25) is 0 Å². The van der Waals surface area contributed by atoms with Gasteiger partial charge in [0.15, 0.2) is 0 Å². The number of rotatable bonds is 7. The van der Waals surface area contributed by atoms with E-state index in [2.05, 4.69) is 15.5 Å². The molecule has 1 aromatic rings. The van der Waals surface area contributed by atoms with Gasteiger partial charge in [0.2, 0.25) is 11.8 Å². The highest BCUT2D eigenvalue weighted by molar-refractivity contribution is 5.92. The molecule has 0 aromatic heterocycles. The highest BCUT2D eigenvalue weighted by Gasteiger charge is 2.22. The Morgan fingerprint density at radius 2 is 1.69 bits per heavy atom. The van der Waals surface area contributed by atoms with Gasteiger partial charge in [-0.1, -0.05) is 13.8 Å². The van der Waals surface area contributed by atoms with Crippen LogP contribution in [0.4, 0.5) is 5.69 Å². The summed E-state index contributed by atoms with van der Waals surface area (Å²) in [6.07, 6.45) is 1.72. The SMILES string of the molecule is COc1cc(NC(=O)CN2CCC(NC(=O)C(C)C)CC2)cc(OC)c1. The van der Waals surface area contributed by atoms with E-state index in [1.54, 1.807) is 32.4 Å². The maximum Gasteiger partial charge on any atom is 0.238 e. The summed E-state index contributed by atoms with van der Waals surface area (Å²) in [6.45, 7) is 5.69. The Hall–Kier alpha value is -2.28. The molecular formula is C19H29N3O4. The third kappa shape index (κ3) is 5.91. The lowest BCUT2D eigenvalue weighted by atomic mass is 10.0. The number of nitrogens with zero attached hydrogens (tertiary/aromatic N) is 1. The second-order valence-electron chi connectivity index (χ2n) is 6.86. The molecule has 2 rings (SSSR count). The molecule has 144 valence electrons. The monoisotopic (exact) mass is 363 g/mol. The smallest absolute Gasteiger partial charge is 0.238 e. The quantitative estimate of drug-likeness (QED) is 0.773. The fraction of sp³-hybridized carbons (Fsp3) is 0.579. The average Bonchev–Trinajstić information content (AvgIpc) is 2.62. The van der Waals surface area contributed by atoms with Gasteiger partial charge < -0.3 is 20.1 Å². The highest BCUT2D eigenvalue weighted by atomic mass is 16.5. The van der Waals surface area contributed by atoms with Crippen molar-refractivity contribution >= 4 is 17.5 Å². The van der Waals surface area contributed by atoms with Crippen LogP contribution in [0.3, 0.4) is 0 Å². The number of likely N-dealkylation sites (tertiary alicyclic amines) is 1. The minimum Gasteiger partial charge on any atom is -0.497 e. The van der Waals surface area contributed by atoms with Crippen LogP contribution >= 0.6 is 0 Å². The van der Waals surface area contributed by atoms with Gasteiger partial charge in [-0.3, -0.25) is 14.5 Å². The van der Waals surface area contributed by atoms with E-state index in [-0.39, 0.29) is 23.8 Å². The minimum atomic E-state index is -0.0787. The number of anilines is 1. The lowest BCUT2D eigenvalue weighted by molar-refractivity contribution is -0.125. The molecule has 7 nitrogen and oxygen atoms in total. The minimum absolute atomic E-state index is 0.00124. The molecule has 0 saturated carbocycles. The maximum atomic E-state index is 12.3. The van der Waals surface area contributed by atoms with E-state index in [0.29, 0.717) is 23.7 Å². The van der Waals surface area contributed by atoms with E-state index in [1.165, 1.54) is 0 Å². The number of carbonyl (C=O) groups excluding carboxylic acids is 2. The van der Waals surface area contributed by atoms with Crippen LogP contribution in [0.25, 0.3) is 0 Å². The van der Waals surface area contributed by atoms with Gasteiger partial charge in [0.05, 0.1) is 20.8 Å². The molecule has 0 bridgehead atoms. The van der Waals surface area contributed by atoms with Crippen LogP contribution in [0, 0.1) is 5.92 Å². The number of piperidine rings is 1. The van der Waals surface area contributed by atoms with E-state index in [9.17, 15) is 9.59 Å². The summed E-state index contributed by atoms with van der Waals surface area (Å²) >= 11 is 0. The van der Waals surface area contributed by atoms with Crippen molar-refractivity contribution in [1.82, 2.24) is 10.2 Å². The molecule has 1 fully saturated rings. The number of methoxy groups -OCH3 is 2. The van der Waals surface area contributed by atoms with Crippen molar-refractivity contribution in [3.8, 4) is 11.5 Å². The van der Waals surface area contributed by atoms with Gasteiger partial charge in [-0.15, -0.1) is 0 Å². The van der Waals surface area contributed by atoms with Gasteiger partial charge >= 0.3 is 0 Å². The van der Waals surface area contributed by atoms with Crippen molar-refractivity contribution < 1.29 is 19.1 Å².